The number of benzene rings is 2. The van der Waals surface area contributed by atoms with Crippen LogP contribution in [-0.4, -0.2) is 11.7 Å². The molecule has 1 aliphatic carbocycles. The van der Waals surface area contributed by atoms with E-state index in [4.69, 9.17) is 5.73 Å². The number of nitrogens with two attached hydrogens (primary N) is 1. The summed E-state index contributed by atoms with van der Waals surface area (Å²) in [4.78, 5) is 28.1. The molecule has 0 saturated heterocycles. The van der Waals surface area contributed by atoms with Gasteiger partial charge in [0.25, 0.3) is 0 Å². The Hall–Kier alpha value is -4.06. The van der Waals surface area contributed by atoms with Crippen LogP contribution in [0.2, 0.25) is 0 Å². The van der Waals surface area contributed by atoms with Gasteiger partial charge in [0.15, 0.2) is 5.78 Å². The Kier molecular flexibility index (Phi) is 4.40. The summed E-state index contributed by atoms with van der Waals surface area (Å²) in [7, 11) is 0. The number of alkyl halides is 3. The molecule has 0 bridgehead atoms. The molecule has 1 amide bonds. The van der Waals surface area contributed by atoms with E-state index in [1.54, 1.807) is 24.3 Å². The van der Waals surface area contributed by atoms with Crippen LogP contribution < -0.4 is 16.0 Å². The monoisotopic (exact) mass is 450 g/mol. The van der Waals surface area contributed by atoms with Gasteiger partial charge < -0.3 is 11.1 Å². The van der Waals surface area contributed by atoms with Gasteiger partial charge in [0, 0.05) is 34.6 Å². The standard InChI is InChI=1S/C24H17F3N4O2/c25-24(26,27)13-5-3-6-14(11-13)31-18-9-4-10-19(32)20(18)23(16(12-28)21(31)29)15-7-1-2-8-17(15)30-22(23)33/h1-3,5-8,11H,4,9-10,29H2,(H,30,33). The highest BCUT2D eigenvalue weighted by atomic mass is 19.4. The van der Waals surface area contributed by atoms with Gasteiger partial charge >= 0.3 is 6.18 Å². The van der Waals surface area contributed by atoms with Gasteiger partial charge in [-0.2, -0.15) is 18.4 Å². The van der Waals surface area contributed by atoms with Crippen LogP contribution in [0.15, 0.2) is 71.2 Å². The highest BCUT2D eigenvalue weighted by Crippen LogP contribution is 2.55. The molecule has 1 spiro atoms. The SMILES string of the molecule is N#CC1=C(N)N(c2cccc(C(F)(F)F)c2)C2=C(C(=O)CCC2)C12C(=O)Nc1ccccc12. The van der Waals surface area contributed by atoms with E-state index >= 15 is 0 Å². The number of nitriles is 1. The van der Waals surface area contributed by atoms with Gasteiger partial charge in [-0.1, -0.05) is 24.3 Å². The number of fused-ring (bicyclic) bond motifs is 3. The summed E-state index contributed by atoms with van der Waals surface area (Å²) in [6.07, 6.45) is -3.67. The van der Waals surface area contributed by atoms with E-state index in [0.717, 1.165) is 12.1 Å². The summed E-state index contributed by atoms with van der Waals surface area (Å²) >= 11 is 0. The van der Waals surface area contributed by atoms with Crippen molar-refractivity contribution in [2.45, 2.75) is 30.9 Å². The Morgan fingerprint density at radius 3 is 2.58 bits per heavy atom. The van der Waals surface area contributed by atoms with Crippen molar-refractivity contribution in [1.82, 2.24) is 0 Å². The van der Waals surface area contributed by atoms with Crippen LogP contribution in [0.25, 0.3) is 0 Å². The number of anilines is 2. The Morgan fingerprint density at radius 2 is 1.85 bits per heavy atom. The molecule has 1 unspecified atom stereocenters. The first-order valence-corrected chi connectivity index (χ1v) is 10.3. The number of carbonyl (C=O) groups is 2. The largest absolute Gasteiger partial charge is 0.416 e. The summed E-state index contributed by atoms with van der Waals surface area (Å²) in [5.74, 6) is -1.08. The third-order valence-electron chi connectivity index (χ3n) is 6.37. The van der Waals surface area contributed by atoms with Crippen molar-refractivity contribution in [3.05, 3.63) is 82.3 Å². The maximum Gasteiger partial charge on any atom is 0.416 e. The summed E-state index contributed by atoms with van der Waals surface area (Å²) in [6.45, 7) is 0. The van der Waals surface area contributed by atoms with Gasteiger partial charge in [-0.25, -0.2) is 0 Å². The molecular weight excluding hydrogens is 433 g/mol. The lowest BCUT2D eigenvalue weighted by Gasteiger charge is -2.43. The number of carbonyl (C=O) groups excluding carboxylic acids is 2. The van der Waals surface area contributed by atoms with E-state index in [2.05, 4.69) is 5.32 Å². The zero-order valence-corrected chi connectivity index (χ0v) is 17.2. The van der Waals surface area contributed by atoms with E-state index < -0.39 is 23.1 Å². The Balaban J connectivity index is 1.84. The van der Waals surface area contributed by atoms with Crippen LogP contribution in [0.4, 0.5) is 24.5 Å². The number of nitrogens with one attached hydrogen (secondary N) is 1. The number of amides is 1. The molecule has 0 fully saturated rings. The number of halogens is 3. The van der Waals surface area contributed by atoms with Crippen molar-refractivity contribution in [2.75, 3.05) is 10.2 Å². The maximum atomic E-state index is 13.4. The lowest BCUT2D eigenvalue weighted by molar-refractivity contribution is -0.137. The Labute approximate surface area is 186 Å². The van der Waals surface area contributed by atoms with Crippen molar-refractivity contribution < 1.29 is 22.8 Å². The van der Waals surface area contributed by atoms with Gasteiger partial charge in [0.1, 0.15) is 17.3 Å². The predicted molar refractivity (Wildman–Crippen MR) is 113 cm³/mol. The van der Waals surface area contributed by atoms with Gasteiger partial charge in [-0.05, 0) is 37.1 Å². The maximum absolute atomic E-state index is 13.4. The highest BCUT2D eigenvalue weighted by Gasteiger charge is 2.60. The molecule has 1 atom stereocenters. The summed E-state index contributed by atoms with van der Waals surface area (Å²) in [5, 5.41) is 12.9. The second kappa shape index (κ2) is 6.97. The Morgan fingerprint density at radius 1 is 1.09 bits per heavy atom. The molecule has 3 N–H and O–H groups in total. The van der Waals surface area contributed by atoms with Gasteiger partial charge in [0.05, 0.1) is 11.1 Å². The van der Waals surface area contributed by atoms with Gasteiger partial charge in [0.2, 0.25) is 5.91 Å². The van der Waals surface area contributed by atoms with Crippen LogP contribution in [0.3, 0.4) is 0 Å². The third-order valence-corrected chi connectivity index (χ3v) is 6.37. The molecule has 3 aliphatic rings. The molecule has 166 valence electrons. The zero-order chi connectivity index (χ0) is 23.5. The van der Waals surface area contributed by atoms with Crippen molar-refractivity contribution in [3.63, 3.8) is 0 Å². The molecular formula is C24H17F3N4O2. The van der Waals surface area contributed by atoms with E-state index in [0.29, 0.717) is 29.8 Å². The second-order valence-electron chi connectivity index (χ2n) is 8.10. The number of allylic oxidation sites excluding steroid dienone is 1. The second-order valence-corrected chi connectivity index (χ2v) is 8.10. The number of ketones is 1. The lowest BCUT2D eigenvalue weighted by atomic mass is 9.64. The number of para-hydroxylation sites is 1. The fraction of sp³-hybridized carbons (Fsp3) is 0.208. The number of Topliss-reactive ketones (excluding diaryl/α,β-unsaturated/α-hetero) is 1. The smallest absolute Gasteiger partial charge is 0.384 e. The molecule has 2 aromatic rings. The molecule has 9 heteroatoms. The number of hydrogen-bond acceptors (Lipinski definition) is 5. The summed E-state index contributed by atoms with van der Waals surface area (Å²) in [5.41, 5.74) is 5.02. The predicted octanol–water partition coefficient (Wildman–Crippen LogP) is 4.12. The van der Waals surface area contributed by atoms with E-state index in [-0.39, 0.29) is 34.9 Å². The molecule has 0 saturated carbocycles. The minimum Gasteiger partial charge on any atom is -0.384 e. The fourth-order valence-corrected chi connectivity index (χ4v) is 5.06. The zero-order valence-electron chi connectivity index (χ0n) is 17.2. The van der Waals surface area contributed by atoms with E-state index in [1.807, 2.05) is 6.07 Å². The first-order valence-electron chi connectivity index (χ1n) is 10.3. The quantitative estimate of drug-likeness (QED) is 0.681. The molecule has 2 aromatic carbocycles. The van der Waals surface area contributed by atoms with Crippen LogP contribution in [0.5, 0.6) is 0 Å². The van der Waals surface area contributed by atoms with Gasteiger partial charge in [-0.3, -0.25) is 14.5 Å². The molecule has 33 heavy (non-hydrogen) atoms. The molecule has 6 nitrogen and oxygen atoms in total. The van der Waals surface area contributed by atoms with Crippen molar-refractivity contribution in [3.8, 4) is 6.07 Å². The van der Waals surface area contributed by atoms with E-state index in [9.17, 15) is 28.0 Å². The van der Waals surface area contributed by atoms with Crippen molar-refractivity contribution >= 4 is 23.1 Å². The minimum atomic E-state index is -4.59. The van der Waals surface area contributed by atoms with Crippen LogP contribution >= 0.6 is 0 Å². The van der Waals surface area contributed by atoms with Crippen LogP contribution in [0.1, 0.15) is 30.4 Å². The van der Waals surface area contributed by atoms with Crippen LogP contribution in [-0.2, 0) is 21.2 Å². The van der Waals surface area contributed by atoms with Crippen LogP contribution in [0, 0.1) is 11.3 Å². The average Bonchev–Trinajstić information content (AvgIpc) is 3.06. The molecule has 2 aliphatic heterocycles. The lowest BCUT2D eigenvalue weighted by Crippen LogP contribution is -2.50. The number of nitrogens with zero attached hydrogens (tertiary/aromatic N) is 2. The molecule has 0 aromatic heterocycles. The molecule has 2 heterocycles. The van der Waals surface area contributed by atoms with Crippen molar-refractivity contribution in [1.29, 1.82) is 5.26 Å². The normalized spacial score (nSPS) is 22.3. The van der Waals surface area contributed by atoms with Crippen molar-refractivity contribution in [2.24, 2.45) is 5.73 Å². The highest BCUT2D eigenvalue weighted by molar-refractivity contribution is 6.19. The number of hydrogen-bond donors (Lipinski definition) is 2. The average molecular weight is 450 g/mol. The van der Waals surface area contributed by atoms with Gasteiger partial charge in [-0.15, -0.1) is 0 Å². The fourth-order valence-electron chi connectivity index (χ4n) is 5.06. The summed E-state index contributed by atoms with van der Waals surface area (Å²) in [6, 6.07) is 13.3. The molecule has 0 radical (unpaired) electrons. The topological polar surface area (TPSA) is 99.2 Å². The Bertz CT molecular complexity index is 1340. The third kappa shape index (κ3) is 2.73. The first kappa shape index (κ1) is 20.8. The number of rotatable bonds is 1. The van der Waals surface area contributed by atoms with E-state index in [1.165, 1.54) is 17.0 Å². The summed E-state index contributed by atoms with van der Waals surface area (Å²) < 4.78 is 40.2. The molecule has 5 rings (SSSR count). The minimum absolute atomic E-state index is 0.0683. The first-order chi connectivity index (χ1) is 15.7.